The number of amides is 2. The zero-order valence-corrected chi connectivity index (χ0v) is 11.5. The first kappa shape index (κ1) is 11.8. The molecule has 7 heteroatoms. The minimum absolute atomic E-state index is 0.0836. The summed E-state index contributed by atoms with van der Waals surface area (Å²) in [5.74, 6) is -0.167. The molecule has 0 bridgehead atoms. The SMILES string of the molecule is O=C1CCC(=O)N1CCc1[nH]c(Br)nc1Br. The van der Waals surface area contributed by atoms with Gasteiger partial charge in [0.15, 0.2) is 4.73 Å². The maximum Gasteiger partial charge on any atom is 0.229 e. The highest BCUT2D eigenvalue weighted by Crippen LogP contribution is 2.19. The number of H-pyrrole nitrogens is 1. The van der Waals surface area contributed by atoms with Gasteiger partial charge in [0.05, 0.1) is 5.69 Å². The smallest absolute Gasteiger partial charge is 0.229 e. The molecule has 2 heterocycles. The molecule has 0 saturated carbocycles. The molecule has 2 rings (SSSR count). The molecule has 0 spiro atoms. The zero-order chi connectivity index (χ0) is 11.7. The summed E-state index contributed by atoms with van der Waals surface area (Å²) in [4.78, 5) is 31.1. The fourth-order valence-corrected chi connectivity index (χ4v) is 2.75. The summed E-state index contributed by atoms with van der Waals surface area (Å²) in [5, 5.41) is 0. The zero-order valence-electron chi connectivity index (χ0n) is 8.30. The van der Waals surface area contributed by atoms with E-state index in [9.17, 15) is 9.59 Å². The number of imide groups is 1. The van der Waals surface area contributed by atoms with E-state index in [4.69, 9.17) is 0 Å². The Balaban J connectivity index is 1.99. The molecule has 0 unspecified atom stereocenters. The molecule has 0 radical (unpaired) electrons. The number of hydrogen-bond donors (Lipinski definition) is 1. The molecule has 1 saturated heterocycles. The summed E-state index contributed by atoms with van der Waals surface area (Å²) in [6, 6.07) is 0. The second-order valence-corrected chi connectivity index (χ2v) is 4.99. The van der Waals surface area contributed by atoms with Crippen LogP contribution in [0.3, 0.4) is 0 Å². The summed E-state index contributed by atoms with van der Waals surface area (Å²) >= 11 is 6.51. The van der Waals surface area contributed by atoms with Crippen LogP contribution in [0.1, 0.15) is 18.5 Å². The van der Waals surface area contributed by atoms with Gasteiger partial charge >= 0.3 is 0 Å². The van der Waals surface area contributed by atoms with Gasteiger partial charge in [0.2, 0.25) is 11.8 Å². The molecule has 86 valence electrons. The van der Waals surface area contributed by atoms with Gasteiger partial charge in [-0.25, -0.2) is 4.98 Å². The molecular formula is C9H9Br2N3O2. The van der Waals surface area contributed by atoms with E-state index < -0.39 is 0 Å². The molecule has 2 amide bonds. The highest BCUT2D eigenvalue weighted by molar-refractivity contribution is 9.11. The topological polar surface area (TPSA) is 66.1 Å². The Bertz CT molecular complexity index is 428. The fourth-order valence-electron chi connectivity index (χ4n) is 1.62. The summed E-state index contributed by atoms with van der Waals surface area (Å²) < 4.78 is 1.34. The van der Waals surface area contributed by atoms with Crippen molar-refractivity contribution < 1.29 is 9.59 Å². The first-order valence-corrected chi connectivity index (χ1v) is 6.39. The lowest BCUT2D eigenvalue weighted by molar-refractivity contribution is -0.138. The van der Waals surface area contributed by atoms with Crippen LogP contribution >= 0.6 is 31.9 Å². The van der Waals surface area contributed by atoms with Gasteiger partial charge < -0.3 is 4.98 Å². The van der Waals surface area contributed by atoms with E-state index in [1.54, 1.807) is 0 Å². The van der Waals surface area contributed by atoms with Crippen molar-refractivity contribution in [1.29, 1.82) is 0 Å². The Morgan fingerprint density at radius 1 is 1.25 bits per heavy atom. The second kappa shape index (κ2) is 4.67. The van der Waals surface area contributed by atoms with E-state index in [0.29, 0.717) is 35.1 Å². The molecule has 0 atom stereocenters. The number of nitrogens with one attached hydrogen (secondary N) is 1. The minimum Gasteiger partial charge on any atom is -0.335 e. The quantitative estimate of drug-likeness (QED) is 0.842. The number of likely N-dealkylation sites (tertiary alicyclic amines) is 1. The maximum atomic E-state index is 11.4. The molecule has 16 heavy (non-hydrogen) atoms. The van der Waals surface area contributed by atoms with Crippen molar-refractivity contribution >= 4 is 43.7 Å². The van der Waals surface area contributed by atoms with Crippen molar-refractivity contribution in [3.05, 3.63) is 15.0 Å². The normalized spacial score (nSPS) is 16.2. The van der Waals surface area contributed by atoms with Crippen molar-refractivity contribution in [2.24, 2.45) is 0 Å². The number of aromatic nitrogens is 2. The van der Waals surface area contributed by atoms with Crippen molar-refractivity contribution in [3.63, 3.8) is 0 Å². The summed E-state index contributed by atoms with van der Waals surface area (Å²) in [6.45, 7) is 0.408. The maximum absolute atomic E-state index is 11.4. The second-order valence-electron chi connectivity index (χ2n) is 3.49. The number of imidazole rings is 1. The highest BCUT2D eigenvalue weighted by atomic mass is 79.9. The van der Waals surface area contributed by atoms with Gasteiger partial charge in [0, 0.05) is 25.8 Å². The monoisotopic (exact) mass is 349 g/mol. The van der Waals surface area contributed by atoms with Crippen LogP contribution in [-0.4, -0.2) is 33.2 Å². The van der Waals surface area contributed by atoms with E-state index >= 15 is 0 Å². The number of rotatable bonds is 3. The van der Waals surface area contributed by atoms with Crippen molar-refractivity contribution in [2.75, 3.05) is 6.54 Å². The van der Waals surface area contributed by atoms with Gasteiger partial charge in [-0.2, -0.15) is 0 Å². The number of hydrogen-bond acceptors (Lipinski definition) is 3. The van der Waals surface area contributed by atoms with Crippen LogP contribution in [0, 0.1) is 0 Å². The summed E-state index contributed by atoms with van der Waals surface area (Å²) in [5.41, 5.74) is 0.874. The molecule has 5 nitrogen and oxygen atoms in total. The molecular weight excluding hydrogens is 342 g/mol. The molecule has 1 aromatic rings. The molecule has 0 aliphatic carbocycles. The fraction of sp³-hybridized carbons (Fsp3) is 0.444. The Morgan fingerprint density at radius 2 is 1.88 bits per heavy atom. The molecule has 1 aliphatic heterocycles. The Kier molecular flexibility index (Phi) is 3.44. The van der Waals surface area contributed by atoms with Gasteiger partial charge in [-0.3, -0.25) is 14.5 Å². The van der Waals surface area contributed by atoms with E-state index in [-0.39, 0.29) is 11.8 Å². The van der Waals surface area contributed by atoms with Gasteiger partial charge in [-0.1, -0.05) is 0 Å². The largest absolute Gasteiger partial charge is 0.335 e. The first-order chi connectivity index (χ1) is 7.58. The van der Waals surface area contributed by atoms with Crippen LogP contribution in [0.15, 0.2) is 9.34 Å². The summed E-state index contributed by atoms with van der Waals surface area (Å²) in [6.07, 6.45) is 1.26. The Hall–Kier alpha value is -0.690. The summed E-state index contributed by atoms with van der Waals surface area (Å²) in [7, 11) is 0. The van der Waals surface area contributed by atoms with Crippen molar-refractivity contribution in [2.45, 2.75) is 19.3 Å². The predicted octanol–water partition coefficient (Wildman–Crippen LogP) is 1.63. The van der Waals surface area contributed by atoms with Crippen LogP contribution in [0.2, 0.25) is 0 Å². The lowest BCUT2D eigenvalue weighted by Crippen LogP contribution is -2.31. The molecule has 1 N–H and O–H groups in total. The molecule has 1 aliphatic rings. The van der Waals surface area contributed by atoms with E-state index in [1.807, 2.05) is 0 Å². The van der Waals surface area contributed by atoms with Crippen molar-refractivity contribution in [1.82, 2.24) is 14.9 Å². The lowest BCUT2D eigenvalue weighted by atomic mass is 10.3. The van der Waals surface area contributed by atoms with Crippen LogP contribution in [-0.2, 0) is 16.0 Å². The van der Waals surface area contributed by atoms with E-state index in [0.717, 1.165) is 5.69 Å². The van der Waals surface area contributed by atoms with E-state index in [1.165, 1.54) is 4.90 Å². The minimum atomic E-state index is -0.0836. The lowest BCUT2D eigenvalue weighted by Gasteiger charge is -2.12. The third-order valence-electron chi connectivity index (χ3n) is 2.44. The predicted molar refractivity (Wildman–Crippen MR) is 63.6 cm³/mol. The Morgan fingerprint density at radius 3 is 2.38 bits per heavy atom. The number of aromatic amines is 1. The van der Waals surface area contributed by atoms with Gasteiger partial charge in [-0.15, -0.1) is 0 Å². The van der Waals surface area contributed by atoms with Crippen LogP contribution in [0.25, 0.3) is 0 Å². The average Bonchev–Trinajstić information content (AvgIpc) is 2.69. The standard InChI is InChI=1S/C9H9Br2N3O2/c10-8-5(12-9(11)13-8)3-4-14-6(15)1-2-7(14)16/h1-4H2,(H,12,13). The number of halogens is 2. The number of carbonyl (C=O) groups excluding carboxylic acids is 2. The third-order valence-corrected chi connectivity index (χ3v) is 3.47. The molecule has 1 aromatic heterocycles. The number of carbonyl (C=O) groups is 2. The first-order valence-electron chi connectivity index (χ1n) is 4.81. The van der Waals surface area contributed by atoms with Gasteiger partial charge in [0.25, 0.3) is 0 Å². The molecule has 1 fully saturated rings. The van der Waals surface area contributed by atoms with Crippen LogP contribution < -0.4 is 0 Å². The molecule has 0 aromatic carbocycles. The highest BCUT2D eigenvalue weighted by Gasteiger charge is 2.28. The average molecular weight is 351 g/mol. The van der Waals surface area contributed by atoms with E-state index in [2.05, 4.69) is 41.8 Å². The van der Waals surface area contributed by atoms with Gasteiger partial charge in [-0.05, 0) is 31.9 Å². The van der Waals surface area contributed by atoms with Crippen LogP contribution in [0.5, 0.6) is 0 Å². The van der Waals surface area contributed by atoms with Gasteiger partial charge in [0.1, 0.15) is 4.60 Å². The van der Waals surface area contributed by atoms with Crippen LogP contribution in [0.4, 0.5) is 0 Å². The van der Waals surface area contributed by atoms with Crippen molar-refractivity contribution in [3.8, 4) is 0 Å². The Labute approximate surface area is 109 Å². The number of nitrogens with zero attached hydrogens (tertiary/aromatic N) is 2. The third kappa shape index (κ3) is 2.35.